The van der Waals surface area contributed by atoms with Crippen LogP contribution in [0.2, 0.25) is 0 Å². The van der Waals surface area contributed by atoms with Gasteiger partial charge in [0.2, 0.25) is 0 Å². The highest BCUT2D eigenvalue weighted by Gasteiger charge is 2.11. The molecular formula is C15H28NO6P. The first-order valence-electron chi connectivity index (χ1n) is 7.36. The van der Waals surface area contributed by atoms with Gasteiger partial charge in [0, 0.05) is 0 Å². The van der Waals surface area contributed by atoms with E-state index in [1.165, 1.54) is 6.92 Å². The Kier molecular flexibility index (Phi) is 15.0. The summed E-state index contributed by atoms with van der Waals surface area (Å²) >= 11 is 0. The predicted octanol–water partition coefficient (Wildman–Crippen LogP) is 0.289. The molecule has 1 unspecified atom stereocenters. The molecule has 1 rings (SSSR count). The Morgan fingerprint density at radius 1 is 1.26 bits per heavy atom. The third-order valence-corrected chi connectivity index (χ3v) is 2.97. The first kappa shape index (κ1) is 24.0. The van der Waals surface area contributed by atoms with Crippen molar-refractivity contribution in [1.82, 2.24) is 0 Å². The van der Waals surface area contributed by atoms with Gasteiger partial charge in [-0.25, -0.2) is 0 Å². The highest BCUT2D eigenvalue weighted by molar-refractivity contribution is 7.46. The number of nitrogens with one attached hydrogen (secondary N) is 1. The van der Waals surface area contributed by atoms with E-state index < -0.39 is 7.82 Å². The van der Waals surface area contributed by atoms with Crippen LogP contribution < -0.4 is 14.3 Å². The van der Waals surface area contributed by atoms with Crippen LogP contribution in [-0.2, 0) is 13.9 Å². The van der Waals surface area contributed by atoms with Crippen molar-refractivity contribution in [3.8, 4) is 5.75 Å². The second kappa shape index (κ2) is 14.4. The lowest BCUT2D eigenvalue weighted by Gasteiger charge is -2.23. The van der Waals surface area contributed by atoms with E-state index in [9.17, 15) is 14.3 Å². The number of hydrogen-bond acceptors (Lipinski definition) is 6. The average Bonchev–Trinajstić information content (AvgIpc) is 2.49. The van der Waals surface area contributed by atoms with E-state index in [2.05, 4.69) is 0 Å². The first-order chi connectivity index (χ1) is 10.8. The van der Waals surface area contributed by atoms with Crippen molar-refractivity contribution in [3.63, 3.8) is 0 Å². The van der Waals surface area contributed by atoms with Crippen molar-refractivity contribution in [2.24, 2.45) is 0 Å². The molecule has 7 nitrogen and oxygen atoms in total. The summed E-state index contributed by atoms with van der Waals surface area (Å²) in [5, 5.41) is 7.79. The summed E-state index contributed by atoms with van der Waals surface area (Å²) in [6, 6.07) is 8.29. The number of aliphatic hydroxyl groups is 1. The number of quaternary nitrogens is 1. The molecule has 0 aliphatic carbocycles. The lowest BCUT2D eigenvalue weighted by molar-refractivity contribution is -0.858. The molecule has 0 fully saturated rings. The largest absolute Gasteiger partial charge is 0.746 e. The van der Waals surface area contributed by atoms with Gasteiger partial charge in [-0.2, -0.15) is 0 Å². The average molecular weight is 349 g/mol. The Labute approximate surface area is 138 Å². The van der Waals surface area contributed by atoms with E-state index >= 15 is 0 Å². The third-order valence-electron chi connectivity index (χ3n) is 2.03. The number of ketones is 1. The zero-order chi connectivity index (χ0) is 18.3. The van der Waals surface area contributed by atoms with Crippen LogP contribution in [0.1, 0.15) is 20.8 Å². The normalized spacial score (nSPS) is 12.2. The van der Waals surface area contributed by atoms with E-state index in [4.69, 9.17) is 14.2 Å². The van der Waals surface area contributed by atoms with Gasteiger partial charge in [0.1, 0.15) is 25.5 Å². The lowest BCUT2D eigenvalue weighted by Crippen LogP contribution is -3.06. The van der Waals surface area contributed by atoms with Crippen LogP contribution in [0.3, 0.4) is 0 Å². The fourth-order valence-corrected chi connectivity index (χ4v) is 1.75. The maximum atomic E-state index is 11.4. The van der Waals surface area contributed by atoms with Gasteiger partial charge in [-0.3, -0.25) is 9.36 Å². The monoisotopic (exact) mass is 349 g/mol. The van der Waals surface area contributed by atoms with Gasteiger partial charge < -0.3 is 23.9 Å². The fraction of sp³-hybridized carbons (Fsp3) is 0.533. The summed E-state index contributed by atoms with van der Waals surface area (Å²) in [7, 11) is -0.406. The summed E-state index contributed by atoms with van der Waals surface area (Å²) in [6.45, 7) is 5.72. The van der Waals surface area contributed by atoms with Gasteiger partial charge in [0.25, 0.3) is 0 Å². The number of rotatable bonds is 7. The maximum absolute atomic E-state index is 11.4. The summed E-state index contributed by atoms with van der Waals surface area (Å²) in [4.78, 5) is 22.0. The zero-order valence-electron chi connectivity index (χ0n) is 14.4. The SMILES string of the molecule is CC.CC(=O)CO.C[NH+](C)CCOP(=O)([O-])Oc1ccccc1. The summed E-state index contributed by atoms with van der Waals surface area (Å²) < 4.78 is 20.8. The van der Waals surface area contributed by atoms with E-state index in [1.807, 2.05) is 27.9 Å². The van der Waals surface area contributed by atoms with Crippen molar-refractivity contribution in [2.45, 2.75) is 20.8 Å². The molecule has 8 heteroatoms. The van der Waals surface area contributed by atoms with Crippen LogP contribution in [0.25, 0.3) is 0 Å². The van der Waals surface area contributed by atoms with Crippen molar-refractivity contribution in [1.29, 1.82) is 0 Å². The van der Waals surface area contributed by atoms with Gasteiger partial charge in [-0.1, -0.05) is 32.0 Å². The molecule has 0 radical (unpaired) electrons. The van der Waals surface area contributed by atoms with Crippen LogP contribution in [0.5, 0.6) is 5.75 Å². The summed E-state index contributed by atoms with van der Waals surface area (Å²) in [5.74, 6) is 0.0723. The van der Waals surface area contributed by atoms with Crippen molar-refractivity contribution < 1.29 is 33.3 Å². The number of para-hydroxylation sites is 1. The molecule has 0 spiro atoms. The minimum absolute atomic E-state index is 0.121. The Bertz CT molecular complexity index is 453. The van der Waals surface area contributed by atoms with Gasteiger partial charge >= 0.3 is 7.82 Å². The molecule has 0 aliphatic rings. The van der Waals surface area contributed by atoms with E-state index in [0.29, 0.717) is 6.54 Å². The zero-order valence-corrected chi connectivity index (χ0v) is 15.3. The highest BCUT2D eigenvalue weighted by Crippen LogP contribution is 2.38. The number of aliphatic hydroxyl groups excluding tert-OH is 1. The van der Waals surface area contributed by atoms with E-state index in [1.54, 1.807) is 30.3 Å². The minimum Gasteiger partial charge on any atom is -0.746 e. The lowest BCUT2D eigenvalue weighted by atomic mass is 10.3. The van der Waals surface area contributed by atoms with Crippen LogP contribution >= 0.6 is 7.82 Å². The van der Waals surface area contributed by atoms with E-state index in [-0.39, 0.29) is 24.7 Å². The van der Waals surface area contributed by atoms with Crippen molar-refractivity contribution >= 4 is 13.6 Å². The molecule has 1 aromatic rings. The number of carbonyl (C=O) groups is 1. The second-order valence-corrected chi connectivity index (χ2v) is 5.84. The quantitative estimate of drug-likeness (QED) is 0.686. The first-order valence-corrected chi connectivity index (χ1v) is 8.82. The van der Waals surface area contributed by atoms with Gasteiger partial charge in [0.05, 0.1) is 14.1 Å². The standard InChI is InChI=1S/C10H16NO4P.C3H6O2.C2H6/c1-11(2)8-9-14-16(12,13)15-10-6-4-3-5-7-10;1-3(5)2-4;1-2/h3-7H,8-9H2,1-2H3,(H,12,13);4H,2H2,1H3;1-2H3. The Morgan fingerprint density at radius 3 is 2.13 bits per heavy atom. The Hall–Kier alpha value is -1.24. The molecule has 0 heterocycles. The molecule has 0 saturated carbocycles. The van der Waals surface area contributed by atoms with Crippen molar-refractivity contribution in [3.05, 3.63) is 30.3 Å². The van der Waals surface area contributed by atoms with E-state index in [0.717, 1.165) is 4.90 Å². The molecular weight excluding hydrogens is 321 g/mol. The molecule has 0 saturated heterocycles. The second-order valence-electron chi connectivity index (χ2n) is 4.50. The van der Waals surface area contributed by atoms with Crippen LogP contribution in [-0.4, -0.2) is 44.7 Å². The number of phosphoric acid groups is 1. The van der Waals surface area contributed by atoms with Gasteiger partial charge in [-0.05, 0) is 19.1 Å². The van der Waals surface area contributed by atoms with Gasteiger partial charge in [0.15, 0.2) is 5.78 Å². The topological polar surface area (TPSA) is 100 Å². The number of hydrogen-bond donors (Lipinski definition) is 2. The van der Waals surface area contributed by atoms with Crippen LogP contribution in [0.4, 0.5) is 0 Å². The molecule has 0 amide bonds. The summed E-state index contributed by atoms with van der Waals surface area (Å²) in [6.07, 6.45) is 0. The molecule has 1 aromatic carbocycles. The molecule has 2 N–H and O–H groups in total. The molecule has 0 aliphatic heterocycles. The minimum atomic E-state index is -4.23. The smallest absolute Gasteiger partial charge is 0.319 e. The Morgan fingerprint density at radius 2 is 1.74 bits per heavy atom. The highest BCUT2D eigenvalue weighted by atomic mass is 31.2. The predicted molar refractivity (Wildman–Crippen MR) is 87.4 cm³/mol. The fourth-order valence-electron chi connectivity index (χ4n) is 0.998. The third kappa shape index (κ3) is 17.0. The van der Waals surface area contributed by atoms with Gasteiger partial charge in [-0.15, -0.1) is 0 Å². The number of benzene rings is 1. The molecule has 0 bridgehead atoms. The van der Waals surface area contributed by atoms with Crippen LogP contribution in [0.15, 0.2) is 30.3 Å². The molecule has 23 heavy (non-hydrogen) atoms. The molecule has 0 aromatic heterocycles. The number of carbonyl (C=O) groups excluding carboxylic acids is 1. The van der Waals surface area contributed by atoms with Crippen LogP contribution in [0, 0.1) is 0 Å². The maximum Gasteiger partial charge on any atom is 0.319 e. The number of Topliss-reactive ketones (excluding diaryl/α,β-unsaturated/α-hetero) is 1. The number of phosphoric ester groups is 1. The summed E-state index contributed by atoms with van der Waals surface area (Å²) in [5.41, 5.74) is 0. The number of likely N-dealkylation sites (N-methyl/N-ethyl adjacent to an activating group) is 1. The van der Waals surface area contributed by atoms with Crippen molar-refractivity contribution in [2.75, 3.05) is 33.9 Å². The Balaban J connectivity index is 0. The molecule has 134 valence electrons. The molecule has 1 atom stereocenters.